The van der Waals surface area contributed by atoms with Crippen LogP contribution in [0.4, 0.5) is 11.4 Å². The summed E-state index contributed by atoms with van der Waals surface area (Å²) >= 11 is 0. The minimum absolute atomic E-state index is 0.000451. The van der Waals surface area contributed by atoms with Gasteiger partial charge in [0.1, 0.15) is 0 Å². The molecule has 0 aliphatic carbocycles. The van der Waals surface area contributed by atoms with Crippen LogP contribution in [0.2, 0.25) is 0 Å². The lowest BCUT2D eigenvalue weighted by Crippen LogP contribution is -2.22. The molecule has 1 aromatic rings. The van der Waals surface area contributed by atoms with Crippen LogP contribution in [-0.2, 0) is 10.2 Å². The van der Waals surface area contributed by atoms with E-state index in [1.807, 2.05) is 13.0 Å². The lowest BCUT2D eigenvalue weighted by Gasteiger charge is -2.21. The molecule has 0 saturated heterocycles. The third-order valence-corrected chi connectivity index (χ3v) is 3.19. The molecule has 1 atom stereocenters. The average Bonchev–Trinajstić information content (AvgIpc) is 2.38. The third kappa shape index (κ3) is 2.43. The van der Waals surface area contributed by atoms with Crippen molar-refractivity contribution >= 4 is 17.3 Å². The predicted molar refractivity (Wildman–Crippen MR) is 71.4 cm³/mol. The number of benzene rings is 1. The topological polar surface area (TPSA) is 41.1 Å². The lowest BCUT2D eigenvalue weighted by molar-refractivity contribution is -0.118. The minimum Gasteiger partial charge on any atom is -0.383 e. The Morgan fingerprint density at radius 2 is 1.94 bits per heavy atom. The van der Waals surface area contributed by atoms with E-state index in [2.05, 4.69) is 43.5 Å². The van der Waals surface area contributed by atoms with Crippen LogP contribution in [-0.4, -0.2) is 12.5 Å². The van der Waals surface area contributed by atoms with Gasteiger partial charge in [-0.25, -0.2) is 0 Å². The molecule has 1 amide bonds. The fourth-order valence-electron chi connectivity index (χ4n) is 1.88. The molecule has 1 heterocycles. The summed E-state index contributed by atoms with van der Waals surface area (Å²) in [4.78, 5) is 11.7. The van der Waals surface area contributed by atoms with Gasteiger partial charge in [-0.05, 0) is 23.1 Å². The van der Waals surface area contributed by atoms with Gasteiger partial charge in [0.05, 0.1) is 17.3 Å². The van der Waals surface area contributed by atoms with E-state index >= 15 is 0 Å². The van der Waals surface area contributed by atoms with Crippen molar-refractivity contribution in [2.75, 3.05) is 17.2 Å². The first-order valence-corrected chi connectivity index (χ1v) is 6.07. The Morgan fingerprint density at radius 3 is 2.59 bits per heavy atom. The summed E-state index contributed by atoms with van der Waals surface area (Å²) in [6, 6.07) is 6.20. The zero-order valence-electron chi connectivity index (χ0n) is 10.9. The van der Waals surface area contributed by atoms with Crippen LogP contribution in [0, 0.1) is 5.92 Å². The molecule has 0 aromatic heterocycles. The van der Waals surface area contributed by atoms with Crippen molar-refractivity contribution in [2.45, 2.75) is 33.1 Å². The molecule has 17 heavy (non-hydrogen) atoms. The highest BCUT2D eigenvalue weighted by molar-refractivity contribution is 5.97. The molecule has 2 rings (SSSR count). The second kappa shape index (κ2) is 4.06. The molecule has 0 spiro atoms. The van der Waals surface area contributed by atoms with E-state index in [1.54, 1.807) is 0 Å². The number of rotatable bonds is 0. The fourth-order valence-corrected chi connectivity index (χ4v) is 1.88. The highest BCUT2D eigenvalue weighted by Gasteiger charge is 2.21. The number of anilines is 2. The van der Waals surface area contributed by atoms with Gasteiger partial charge in [0, 0.05) is 6.54 Å². The normalized spacial score (nSPS) is 20.0. The van der Waals surface area contributed by atoms with Gasteiger partial charge in [0.25, 0.3) is 0 Å². The van der Waals surface area contributed by atoms with Gasteiger partial charge in [-0.3, -0.25) is 4.79 Å². The third-order valence-electron chi connectivity index (χ3n) is 3.19. The van der Waals surface area contributed by atoms with Gasteiger partial charge < -0.3 is 10.6 Å². The Morgan fingerprint density at radius 1 is 1.24 bits per heavy atom. The van der Waals surface area contributed by atoms with Gasteiger partial charge in [0.15, 0.2) is 0 Å². The van der Waals surface area contributed by atoms with Crippen molar-refractivity contribution in [1.29, 1.82) is 0 Å². The summed E-state index contributed by atoms with van der Waals surface area (Å²) < 4.78 is 0. The summed E-state index contributed by atoms with van der Waals surface area (Å²) in [7, 11) is 0. The summed E-state index contributed by atoms with van der Waals surface area (Å²) in [5.41, 5.74) is 3.30. The second-order valence-electron chi connectivity index (χ2n) is 5.78. The maximum Gasteiger partial charge on any atom is 0.229 e. The van der Waals surface area contributed by atoms with Crippen LogP contribution in [0.15, 0.2) is 18.2 Å². The average molecular weight is 232 g/mol. The van der Waals surface area contributed by atoms with Crippen molar-refractivity contribution in [3.8, 4) is 0 Å². The number of nitrogens with one attached hydrogen (secondary N) is 2. The van der Waals surface area contributed by atoms with Crippen LogP contribution in [0.3, 0.4) is 0 Å². The summed E-state index contributed by atoms with van der Waals surface area (Å²) in [5.74, 6) is 0.0836. The number of hydrogen-bond acceptors (Lipinski definition) is 2. The van der Waals surface area contributed by atoms with Gasteiger partial charge >= 0.3 is 0 Å². The van der Waals surface area contributed by atoms with Crippen molar-refractivity contribution in [1.82, 2.24) is 0 Å². The number of fused-ring (bicyclic) bond motifs is 1. The molecule has 0 fully saturated rings. The molecular weight excluding hydrogens is 212 g/mol. The lowest BCUT2D eigenvalue weighted by atomic mass is 9.86. The number of amides is 1. The largest absolute Gasteiger partial charge is 0.383 e. The summed E-state index contributed by atoms with van der Waals surface area (Å²) in [6.07, 6.45) is 0. The first-order valence-electron chi connectivity index (χ1n) is 6.07. The van der Waals surface area contributed by atoms with Crippen molar-refractivity contribution in [3.05, 3.63) is 23.8 Å². The van der Waals surface area contributed by atoms with Crippen LogP contribution in [0.25, 0.3) is 0 Å². The van der Waals surface area contributed by atoms with E-state index in [0.717, 1.165) is 11.4 Å². The molecule has 3 heteroatoms. The Balaban J connectivity index is 2.38. The smallest absolute Gasteiger partial charge is 0.229 e. The van der Waals surface area contributed by atoms with E-state index in [0.29, 0.717) is 6.54 Å². The molecule has 0 radical (unpaired) electrons. The zero-order valence-corrected chi connectivity index (χ0v) is 10.9. The molecule has 1 aromatic carbocycles. The molecule has 3 nitrogen and oxygen atoms in total. The standard InChI is InChI=1S/C14H20N2O/c1-9-8-15-12-7-10(14(2,3)4)5-6-11(12)16-13(9)17/h5-7,9,15H,8H2,1-4H3,(H,16,17). The Labute approximate surface area is 103 Å². The SMILES string of the molecule is CC1CNc2cc(C(C)(C)C)ccc2NC1=O. The maximum absolute atomic E-state index is 11.7. The highest BCUT2D eigenvalue weighted by atomic mass is 16.1. The van der Waals surface area contributed by atoms with Crippen LogP contribution in [0.1, 0.15) is 33.3 Å². The molecule has 2 N–H and O–H groups in total. The molecule has 0 saturated carbocycles. The molecule has 92 valence electrons. The maximum atomic E-state index is 11.7. The first-order chi connectivity index (χ1) is 7.88. The Kier molecular flexibility index (Phi) is 2.86. The van der Waals surface area contributed by atoms with Crippen LogP contribution >= 0.6 is 0 Å². The highest BCUT2D eigenvalue weighted by Crippen LogP contribution is 2.31. The van der Waals surface area contributed by atoms with Crippen LogP contribution in [0.5, 0.6) is 0 Å². The number of carbonyl (C=O) groups is 1. The Bertz CT molecular complexity index is 446. The molecule has 1 aliphatic rings. The van der Waals surface area contributed by atoms with Gasteiger partial charge in [-0.15, -0.1) is 0 Å². The molecular formula is C14H20N2O. The van der Waals surface area contributed by atoms with Crippen molar-refractivity contribution < 1.29 is 4.79 Å². The predicted octanol–water partition coefficient (Wildman–Crippen LogP) is 2.98. The monoisotopic (exact) mass is 232 g/mol. The van der Waals surface area contributed by atoms with E-state index < -0.39 is 0 Å². The van der Waals surface area contributed by atoms with E-state index in [1.165, 1.54) is 5.56 Å². The van der Waals surface area contributed by atoms with Gasteiger partial charge in [-0.2, -0.15) is 0 Å². The first kappa shape index (κ1) is 12.0. The summed E-state index contributed by atoms with van der Waals surface area (Å²) in [6.45, 7) is 9.18. The molecule has 1 aliphatic heterocycles. The zero-order chi connectivity index (χ0) is 12.6. The molecule has 1 unspecified atom stereocenters. The van der Waals surface area contributed by atoms with E-state index in [-0.39, 0.29) is 17.2 Å². The summed E-state index contributed by atoms with van der Waals surface area (Å²) in [5, 5.41) is 6.28. The minimum atomic E-state index is 0.000451. The molecule has 0 bridgehead atoms. The van der Waals surface area contributed by atoms with Crippen molar-refractivity contribution in [3.63, 3.8) is 0 Å². The fraction of sp³-hybridized carbons (Fsp3) is 0.500. The quantitative estimate of drug-likeness (QED) is 0.722. The Hall–Kier alpha value is -1.51. The van der Waals surface area contributed by atoms with Gasteiger partial charge in [0.2, 0.25) is 5.91 Å². The second-order valence-corrected chi connectivity index (χ2v) is 5.78. The number of hydrogen-bond donors (Lipinski definition) is 2. The van der Waals surface area contributed by atoms with E-state index in [4.69, 9.17) is 0 Å². The van der Waals surface area contributed by atoms with Crippen LogP contribution < -0.4 is 10.6 Å². The number of carbonyl (C=O) groups excluding carboxylic acids is 1. The van der Waals surface area contributed by atoms with E-state index in [9.17, 15) is 4.79 Å². The van der Waals surface area contributed by atoms with Gasteiger partial charge in [-0.1, -0.05) is 33.8 Å². The van der Waals surface area contributed by atoms with Crippen molar-refractivity contribution in [2.24, 2.45) is 5.92 Å².